The summed E-state index contributed by atoms with van der Waals surface area (Å²) in [6.45, 7) is 0. The third kappa shape index (κ3) is 2.75. The molecule has 2 aromatic heterocycles. The summed E-state index contributed by atoms with van der Waals surface area (Å²) in [5, 5.41) is 0.748. The first kappa shape index (κ1) is 15.4. The molecule has 0 fully saturated rings. The molecule has 0 N–H and O–H groups in total. The Morgan fingerprint density at radius 3 is 2.50 bits per heavy atom. The average molecular weight is 349 g/mol. The zero-order valence-corrected chi connectivity index (χ0v) is 13.5. The largest absolute Gasteiger partial charge is 0.454 e. The average Bonchev–Trinajstić information content (AvgIpc) is 3.20. The summed E-state index contributed by atoms with van der Waals surface area (Å²) in [6, 6.07) is 8.74. The highest BCUT2D eigenvalue weighted by atomic mass is 32.1. The quantitative estimate of drug-likeness (QED) is 0.570. The van der Waals surface area contributed by atoms with Crippen molar-refractivity contribution in [2.75, 3.05) is 0 Å². The van der Waals surface area contributed by atoms with Crippen molar-refractivity contribution in [3.05, 3.63) is 52.5 Å². The van der Waals surface area contributed by atoms with Crippen LogP contribution < -0.4 is 0 Å². The predicted molar refractivity (Wildman–Crippen MR) is 86.9 cm³/mol. The summed E-state index contributed by atoms with van der Waals surface area (Å²) in [5.41, 5.74) is 0.469. The lowest BCUT2D eigenvalue weighted by atomic mass is 10.0. The number of aromatic nitrogens is 1. The molecule has 1 aliphatic rings. The van der Waals surface area contributed by atoms with Crippen LogP contribution in [0.1, 0.15) is 29.0 Å². The van der Waals surface area contributed by atoms with E-state index < -0.39 is 11.7 Å². The zero-order chi connectivity index (χ0) is 16.7. The number of thiazole rings is 1. The van der Waals surface area contributed by atoms with Gasteiger partial charge in [-0.15, -0.1) is 11.3 Å². The second-order valence-electron chi connectivity index (χ2n) is 5.80. The molecule has 0 radical (unpaired) electrons. The third-order valence-electron chi connectivity index (χ3n) is 4.16. The molecule has 124 valence electrons. The maximum absolute atomic E-state index is 13.2. The van der Waals surface area contributed by atoms with Crippen LogP contribution in [0.2, 0.25) is 0 Å². The summed E-state index contributed by atoms with van der Waals surface area (Å²) in [4.78, 5) is 5.87. The fourth-order valence-electron chi connectivity index (χ4n) is 3.00. The number of furan rings is 1. The fourth-order valence-corrected chi connectivity index (χ4v) is 4.11. The van der Waals surface area contributed by atoms with Gasteiger partial charge in [-0.1, -0.05) is 18.2 Å². The Morgan fingerprint density at radius 2 is 1.71 bits per heavy atom. The minimum absolute atomic E-state index is 0.0533. The number of halogens is 3. The normalized spacial score (nSPS) is 14.6. The summed E-state index contributed by atoms with van der Waals surface area (Å²) < 4.78 is 45.2. The van der Waals surface area contributed by atoms with E-state index in [0.29, 0.717) is 5.76 Å². The van der Waals surface area contributed by atoms with Crippen LogP contribution in [-0.4, -0.2) is 4.98 Å². The summed E-state index contributed by atoms with van der Waals surface area (Å²) in [6.07, 6.45) is -0.118. The van der Waals surface area contributed by atoms with Crippen molar-refractivity contribution >= 4 is 11.3 Å². The molecule has 2 nitrogen and oxygen atoms in total. The Bertz CT molecular complexity index is 855. The smallest absolute Gasteiger partial charge is 0.417 e. The first-order chi connectivity index (χ1) is 11.5. The minimum atomic E-state index is -4.41. The van der Waals surface area contributed by atoms with Crippen LogP contribution >= 0.6 is 11.3 Å². The molecule has 0 amide bonds. The van der Waals surface area contributed by atoms with Crippen molar-refractivity contribution in [3.63, 3.8) is 0 Å². The van der Waals surface area contributed by atoms with Crippen LogP contribution in [0.15, 0.2) is 40.8 Å². The summed E-state index contributed by atoms with van der Waals surface area (Å²) >= 11 is 1.58. The molecule has 1 aliphatic carbocycles. The molecule has 0 saturated carbocycles. The van der Waals surface area contributed by atoms with E-state index >= 15 is 0 Å². The zero-order valence-electron chi connectivity index (χ0n) is 12.7. The highest BCUT2D eigenvalue weighted by Crippen LogP contribution is 2.40. The maximum atomic E-state index is 13.2. The van der Waals surface area contributed by atoms with Crippen molar-refractivity contribution in [2.24, 2.45) is 0 Å². The Balaban J connectivity index is 1.72. The topological polar surface area (TPSA) is 26.0 Å². The van der Waals surface area contributed by atoms with Gasteiger partial charge in [0.25, 0.3) is 0 Å². The second kappa shape index (κ2) is 5.77. The monoisotopic (exact) mass is 349 g/mol. The number of alkyl halides is 3. The van der Waals surface area contributed by atoms with Crippen LogP contribution in [0.3, 0.4) is 0 Å². The van der Waals surface area contributed by atoms with E-state index in [0.717, 1.165) is 42.5 Å². The van der Waals surface area contributed by atoms with E-state index in [1.54, 1.807) is 29.5 Å². The first-order valence-electron chi connectivity index (χ1n) is 7.78. The van der Waals surface area contributed by atoms with Crippen molar-refractivity contribution in [2.45, 2.75) is 31.9 Å². The second-order valence-corrected chi connectivity index (χ2v) is 6.89. The van der Waals surface area contributed by atoms with Crippen LogP contribution in [0.5, 0.6) is 0 Å². The molecule has 1 aromatic carbocycles. The number of rotatable bonds is 2. The van der Waals surface area contributed by atoms with Gasteiger partial charge in [0.1, 0.15) is 5.76 Å². The summed E-state index contributed by atoms with van der Waals surface area (Å²) in [5.74, 6) is 0.743. The van der Waals surface area contributed by atoms with Gasteiger partial charge in [-0.25, -0.2) is 4.98 Å². The van der Waals surface area contributed by atoms with Crippen molar-refractivity contribution in [3.8, 4) is 22.1 Å². The van der Waals surface area contributed by atoms with E-state index in [1.807, 2.05) is 0 Å². The molecule has 2 heterocycles. The molecule has 24 heavy (non-hydrogen) atoms. The molecule has 0 aliphatic heterocycles. The van der Waals surface area contributed by atoms with Gasteiger partial charge in [-0.05, 0) is 43.9 Å². The Morgan fingerprint density at radius 1 is 0.958 bits per heavy atom. The van der Waals surface area contributed by atoms with Crippen molar-refractivity contribution in [1.29, 1.82) is 0 Å². The van der Waals surface area contributed by atoms with Gasteiger partial charge in [0.05, 0.1) is 11.3 Å². The van der Waals surface area contributed by atoms with E-state index in [-0.39, 0.29) is 11.3 Å². The summed E-state index contributed by atoms with van der Waals surface area (Å²) in [7, 11) is 0. The first-order valence-corrected chi connectivity index (χ1v) is 8.59. The Kier molecular flexibility index (Phi) is 3.72. The van der Waals surface area contributed by atoms with Crippen LogP contribution in [0, 0.1) is 0 Å². The van der Waals surface area contributed by atoms with Crippen LogP contribution in [-0.2, 0) is 19.0 Å². The number of hydrogen-bond donors (Lipinski definition) is 0. The number of nitrogens with zero attached hydrogens (tertiary/aromatic N) is 1. The van der Waals surface area contributed by atoms with Gasteiger partial charge in [-0.2, -0.15) is 13.2 Å². The van der Waals surface area contributed by atoms with Gasteiger partial charge in [0.2, 0.25) is 0 Å². The molecular weight excluding hydrogens is 335 g/mol. The Hall–Kier alpha value is -2.08. The van der Waals surface area contributed by atoms with Crippen LogP contribution in [0.25, 0.3) is 22.1 Å². The molecule has 0 spiro atoms. The molecule has 0 saturated heterocycles. The lowest BCUT2D eigenvalue weighted by molar-refractivity contribution is -0.137. The molecule has 3 aromatic rings. The highest BCUT2D eigenvalue weighted by Gasteiger charge is 2.34. The van der Waals surface area contributed by atoms with Gasteiger partial charge in [0, 0.05) is 10.4 Å². The number of hydrogen-bond acceptors (Lipinski definition) is 3. The SMILES string of the molecule is FC(F)(F)c1ccccc1-c1ccc(-c2nc3c(s2)CCCC3)o1. The molecule has 6 heteroatoms. The Labute approximate surface area is 141 Å². The molecule has 4 rings (SSSR count). The van der Waals surface area contributed by atoms with Gasteiger partial charge in [0.15, 0.2) is 10.8 Å². The predicted octanol–water partition coefficient (Wildman–Crippen LogP) is 5.97. The van der Waals surface area contributed by atoms with E-state index in [4.69, 9.17) is 4.42 Å². The molecule has 0 bridgehead atoms. The third-order valence-corrected chi connectivity index (χ3v) is 5.33. The van der Waals surface area contributed by atoms with Crippen molar-refractivity contribution in [1.82, 2.24) is 4.98 Å². The van der Waals surface area contributed by atoms with Gasteiger partial charge in [-0.3, -0.25) is 0 Å². The molecule has 0 unspecified atom stereocenters. The lowest BCUT2D eigenvalue weighted by Gasteiger charge is -2.10. The van der Waals surface area contributed by atoms with E-state index in [9.17, 15) is 13.2 Å². The number of fused-ring (bicyclic) bond motifs is 1. The molecule has 0 atom stereocenters. The minimum Gasteiger partial charge on any atom is -0.454 e. The maximum Gasteiger partial charge on any atom is 0.417 e. The lowest BCUT2D eigenvalue weighted by Crippen LogP contribution is -2.06. The van der Waals surface area contributed by atoms with Crippen molar-refractivity contribution < 1.29 is 17.6 Å². The standard InChI is InChI=1S/C18H14F3NOS/c19-18(20,21)12-6-2-1-5-11(12)14-9-10-15(23-14)17-22-13-7-3-4-8-16(13)24-17/h1-2,5-6,9-10H,3-4,7-8H2. The van der Waals surface area contributed by atoms with Crippen LogP contribution in [0.4, 0.5) is 13.2 Å². The molecular formula is C18H14F3NOS. The number of aryl methyl sites for hydroxylation is 2. The van der Waals surface area contributed by atoms with Gasteiger partial charge >= 0.3 is 6.18 Å². The van der Waals surface area contributed by atoms with Gasteiger partial charge < -0.3 is 4.42 Å². The fraction of sp³-hybridized carbons (Fsp3) is 0.278. The van der Waals surface area contributed by atoms with E-state index in [2.05, 4.69) is 4.98 Å². The van der Waals surface area contributed by atoms with E-state index in [1.165, 1.54) is 17.0 Å². The highest BCUT2D eigenvalue weighted by molar-refractivity contribution is 7.15. The number of benzene rings is 1.